The van der Waals surface area contributed by atoms with Crippen LogP contribution in [0.4, 0.5) is 0 Å². The van der Waals surface area contributed by atoms with Gasteiger partial charge >= 0.3 is 0 Å². The highest BCUT2D eigenvalue weighted by Gasteiger charge is 2.85. The van der Waals surface area contributed by atoms with E-state index in [2.05, 4.69) is 25.5 Å². The predicted octanol–water partition coefficient (Wildman–Crippen LogP) is 3.65. The van der Waals surface area contributed by atoms with Gasteiger partial charge in [-0.1, -0.05) is 26.8 Å². The fourth-order valence-corrected chi connectivity index (χ4v) is 6.69. The van der Waals surface area contributed by atoms with E-state index in [-0.39, 0.29) is 5.56 Å². The first kappa shape index (κ1) is 15.3. The molecule has 5 rings (SSSR count). The molecule has 132 valence electrons. The molecule has 2 aromatic rings. The van der Waals surface area contributed by atoms with E-state index in [1.165, 1.54) is 12.1 Å². The van der Waals surface area contributed by atoms with Crippen LogP contribution in [0, 0.1) is 16.2 Å². The third-order valence-electron chi connectivity index (χ3n) is 8.43. The van der Waals surface area contributed by atoms with Crippen LogP contribution >= 0.6 is 0 Å². The molecular weight excluding hydrogens is 312 g/mol. The highest BCUT2D eigenvalue weighted by molar-refractivity contribution is 5.49. The molecule has 1 aromatic heterocycles. The van der Waals surface area contributed by atoms with Crippen LogP contribution in [0.5, 0.6) is 5.75 Å². The molecule has 3 atom stereocenters. The van der Waals surface area contributed by atoms with Crippen LogP contribution in [0.25, 0.3) is 5.69 Å². The lowest BCUT2D eigenvalue weighted by atomic mass is 9.58. The Morgan fingerprint density at radius 2 is 2.00 bits per heavy atom. The summed E-state index contributed by atoms with van der Waals surface area (Å²) in [6.45, 7) is 7.26. The van der Waals surface area contributed by atoms with E-state index in [0.29, 0.717) is 22.2 Å². The second kappa shape index (κ2) is 4.22. The van der Waals surface area contributed by atoms with Gasteiger partial charge in [0.25, 0.3) is 5.56 Å². The Morgan fingerprint density at radius 3 is 2.64 bits per heavy atom. The van der Waals surface area contributed by atoms with Gasteiger partial charge in [0, 0.05) is 24.4 Å². The molecule has 1 heterocycles. The van der Waals surface area contributed by atoms with Crippen molar-refractivity contribution in [1.29, 1.82) is 0 Å². The van der Waals surface area contributed by atoms with E-state index in [4.69, 9.17) is 4.74 Å². The average Bonchev–Trinajstić information content (AvgIpc) is 2.86. The van der Waals surface area contributed by atoms with Crippen LogP contribution in [0.15, 0.2) is 29.1 Å². The second-order valence-electron chi connectivity index (χ2n) is 8.90. The lowest BCUT2D eigenvalue weighted by Gasteiger charge is -2.45. The van der Waals surface area contributed by atoms with Crippen LogP contribution in [0.2, 0.25) is 0 Å². The summed E-state index contributed by atoms with van der Waals surface area (Å²) < 4.78 is 9.27. The SMILES string of the molecule is COc1cccc(-n2c(=O)c3c(n2C)C[C@@]2(C)C(C)(C)C24CCC34)c1. The summed E-state index contributed by atoms with van der Waals surface area (Å²) in [5.41, 5.74) is 4.36. The van der Waals surface area contributed by atoms with Crippen molar-refractivity contribution >= 4 is 0 Å². The van der Waals surface area contributed by atoms with Gasteiger partial charge in [-0.3, -0.25) is 9.48 Å². The number of ether oxygens (including phenoxy) is 1. The number of rotatable bonds is 2. The zero-order chi connectivity index (χ0) is 17.8. The number of hydrogen-bond acceptors (Lipinski definition) is 2. The highest BCUT2D eigenvalue weighted by Crippen LogP contribution is 2.91. The Kier molecular flexibility index (Phi) is 2.58. The molecule has 2 saturated carbocycles. The van der Waals surface area contributed by atoms with E-state index >= 15 is 0 Å². The Hall–Kier alpha value is -1.97. The maximum atomic E-state index is 13.4. The van der Waals surface area contributed by atoms with E-state index in [1.54, 1.807) is 7.11 Å². The van der Waals surface area contributed by atoms with E-state index in [1.807, 2.05) is 36.0 Å². The molecule has 1 aromatic carbocycles. The van der Waals surface area contributed by atoms with Crippen LogP contribution in [0.1, 0.15) is 50.8 Å². The standard InChI is InChI=1S/C21H26N2O2/c1-19(2)20(3)12-16-17(15-9-10-21(15,19)20)18(24)23(22(16)4)13-7-6-8-14(11-13)25-5/h6-8,11,15H,9-10,12H2,1-5H3/t15?,20-,21?/m0/s1. The van der Waals surface area contributed by atoms with E-state index in [0.717, 1.165) is 29.8 Å². The Bertz CT molecular complexity index is 967. The normalized spacial score (nSPS) is 33.7. The van der Waals surface area contributed by atoms with Crippen molar-refractivity contribution in [2.45, 2.75) is 46.0 Å². The first-order chi connectivity index (χ1) is 11.8. The summed E-state index contributed by atoms with van der Waals surface area (Å²) in [5, 5.41) is 0. The average molecular weight is 338 g/mol. The Balaban J connectivity index is 1.71. The highest BCUT2D eigenvalue weighted by atomic mass is 16.5. The molecule has 2 unspecified atom stereocenters. The molecule has 3 aliphatic carbocycles. The first-order valence-electron chi connectivity index (χ1n) is 9.25. The molecule has 0 amide bonds. The second-order valence-corrected chi connectivity index (χ2v) is 8.90. The number of aromatic nitrogens is 2. The van der Waals surface area contributed by atoms with Crippen LogP contribution in [0.3, 0.4) is 0 Å². The largest absolute Gasteiger partial charge is 0.497 e. The monoisotopic (exact) mass is 338 g/mol. The van der Waals surface area contributed by atoms with Gasteiger partial charge in [-0.05, 0) is 53.6 Å². The van der Waals surface area contributed by atoms with Crippen molar-refractivity contribution < 1.29 is 4.74 Å². The molecule has 0 radical (unpaired) electrons. The lowest BCUT2D eigenvalue weighted by Crippen LogP contribution is -2.39. The first-order valence-corrected chi connectivity index (χ1v) is 9.25. The molecular formula is C21H26N2O2. The van der Waals surface area contributed by atoms with Crippen molar-refractivity contribution in [3.05, 3.63) is 45.9 Å². The lowest BCUT2D eigenvalue weighted by molar-refractivity contribution is 0.131. The van der Waals surface area contributed by atoms with Gasteiger partial charge in [0.2, 0.25) is 0 Å². The summed E-state index contributed by atoms with van der Waals surface area (Å²) in [5.74, 6) is 1.21. The molecule has 0 saturated heterocycles. The predicted molar refractivity (Wildman–Crippen MR) is 97.6 cm³/mol. The number of benzene rings is 1. The van der Waals surface area contributed by atoms with Gasteiger partial charge in [-0.15, -0.1) is 0 Å². The summed E-state index contributed by atoms with van der Waals surface area (Å²) in [6, 6.07) is 7.78. The van der Waals surface area contributed by atoms with Gasteiger partial charge in [-0.2, -0.15) is 0 Å². The summed E-state index contributed by atoms with van der Waals surface area (Å²) >= 11 is 0. The van der Waals surface area contributed by atoms with Crippen molar-refractivity contribution in [2.75, 3.05) is 7.11 Å². The molecule has 2 fully saturated rings. The number of fused-ring (bicyclic) bond motifs is 2. The van der Waals surface area contributed by atoms with Crippen molar-refractivity contribution in [2.24, 2.45) is 23.3 Å². The number of methoxy groups -OCH3 is 1. The molecule has 4 nitrogen and oxygen atoms in total. The zero-order valence-electron chi connectivity index (χ0n) is 15.7. The smallest absolute Gasteiger partial charge is 0.275 e. The van der Waals surface area contributed by atoms with Gasteiger partial charge in [-0.25, -0.2) is 4.68 Å². The minimum atomic E-state index is 0.166. The third-order valence-corrected chi connectivity index (χ3v) is 8.43. The van der Waals surface area contributed by atoms with Crippen LogP contribution in [-0.2, 0) is 13.5 Å². The fourth-order valence-electron chi connectivity index (χ4n) is 6.69. The summed E-state index contributed by atoms with van der Waals surface area (Å²) in [6.07, 6.45) is 3.44. The third kappa shape index (κ3) is 1.38. The van der Waals surface area contributed by atoms with Crippen molar-refractivity contribution in [1.82, 2.24) is 9.36 Å². The van der Waals surface area contributed by atoms with Crippen LogP contribution < -0.4 is 10.3 Å². The van der Waals surface area contributed by atoms with Crippen molar-refractivity contribution in [3.8, 4) is 11.4 Å². The summed E-state index contributed by atoms with van der Waals surface area (Å²) in [7, 11) is 3.69. The zero-order valence-corrected chi connectivity index (χ0v) is 15.7. The molecule has 0 bridgehead atoms. The van der Waals surface area contributed by atoms with Gasteiger partial charge in [0.1, 0.15) is 5.75 Å². The molecule has 1 spiro atoms. The maximum Gasteiger partial charge on any atom is 0.275 e. The summed E-state index contributed by atoms with van der Waals surface area (Å²) in [4.78, 5) is 13.4. The van der Waals surface area contributed by atoms with Crippen molar-refractivity contribution in [3.63, 3.8) is 0 Å². The van der Waals surface area contributed by atoms with Gasteiger partial charge in [0.05, 0.1) is 12.8 Å². The topological polar surface area (TPSA) is 36.2 Å². The molecule has 0 N–H and O–H groups in total. The van der Waals surface area contributed by atoms with Gasteiger partial charge < -0.3 is 4.74 Å². The molecule has 3 aliphatic rings. The fraction of sp³-hybridized carbons (Fsp3) is 0.571. The Labute approximate surface area is 148 Å². The minimum absolute atomic E-state index is 0.166. The molecule has 25 heavy (non-hydrogen) atoms. The number of hydrogen-bond donors (Lipinski definition) is 0. The Morgan fingerprint density at radius 1 is 1.24 bits per heavy atom. The molecule has 0 aliphatic heterocycles. The van der Waals surface area contributed by atoms with Crippen LogP contribution in [-0.4, -0.2) is 16.5 Å². The minimum Gasteiger partial charge on any atom is -0.497 e. The van der Waals surface area contributed by atoms with E-state index in [9.17, 15) is 4.79 Å². The maximum absolute atomic E-state index is 13.4. The molecule has 4 heteroatoms. The number of nitrogens with zero attached hydrogens (tertiary/aromatic N) is 2. The van der Waals surface area contributed by atoms with Gasteiger partial charge in [0.15, 0.2) is 0 Å². The quantitative estimate of drug-likeness (QED) is 0.838. The van der Waals surface area contributed by atoms with E-state index < -0.39 is 0 Å².